The zero-order valence-corrected chi connectivity index (χ0v) is 22.4. The predicted octanol–water partition coefficient (Wildman–Crippen LogP) is 3.35. The van der Waals surface area contributed by atoms with E-state index in [0.29, 0.717) is 12.5 Å². The monoisotopic (exact) mass is 546 g/mol. The van der Waals surface area contributed by atoms with Gasteiger partial charge < -0.3 is 25.2 Å². The van der Waals surface area contributed by atoms with E-state index < -0.39 is 0 Å². The van der Waals surface area contributed by atoms with Crippen LogP contribution in [-0.4, -0.2) is 74.4 Å². The van der Waals surface area contributed by atoms with Crippen molar-refractivity contribution in [2.75, 3.05) is 57.3 Å². The third-order valence-corrected chi connectivity index (χ3v) is 5.56. The van der Waals surface area contributed by atoms with E-state index in [1.807, 2.05) is 6.20 Å². The van der Waals surface area contributed by atoms with E-state index in [4.69, 9.17) is 9.73 Å². The summed E-state index contributed by atoms with van der Waals surface area (Å²) in [6.45, 7) is 19.3. The summed E-state index contributed by atoms with van der Waals surface area (Å²) in [6, 6.07) is 4.24. The average molecular weight is 547 g/mol. The van der Waals surface area contributed by atoms with Gasteiger partial charge in [0.15, 0.2) is 5.96 Å². The highest BCUT2D eigenvalue weighted by Gasteiger charge is 2.17. The minimum atomic E-state index is 0. The lowest BCUT2D eigenvalue weighted by molar-refractivity contribution is 0.0258. The minimum absolute atomic E-state index is 0. The number of hydrogen-bond donors (Lipinski definition) is 2. The highest BCUT2D eigenvalue weighted by Crippen LogP contribution is 2.16. The van der Waals surface area contributed by atoms with Crippen LogP contribution in [0.25, 0.3) is 0 Å². The molecule has 178 valence electrons. The molecule has 1 aliphatic rings. The summed E-state index contributed by atoms with van der Waals surface area (Å²) in [5.41, 5.74) is 1.18. The molecule has 0 amide bonds. The second-order valence-corrected chi connectivity index (χ2v) is 8.09. The first-order valence-corrected chi connectivity index (χ1v) is 11.6. The Balaban J connectivity index is 0.00000480. The van der Waals surface area contributed by atoms with Crippen LogP contribution in [0.1, 0.15) is 46.6 Å². The van der Waals surface area contributed by atoms with Gasteiger partial charge in [0, 0.05) is 52.1 Å². The summed E-state index contributed by atoms with van der Waals surface area (Å²) >= 11 is 0. The Morgan fingerprint density at radius 1 is 1.16 bits per heavy atom. The van der Waals surface area contributed by atoms with Gasteiger partial charge in [0.25, 0.3) is 0 Å². The molecular weight excluding hydrogens is 503 g/mol. The molecule has 0 bridgehead atoms. The van der Waals surface area contributed by atoms with Crippen LogP contribution in [-0.2, 0) is 11.3 Å². The van der Waals surface area contributed by atoms with Crippen molar-refractivity contribution in [1.29, 1.82) is 0 Å². The summed E-state index contributed by atoms with van der Waals surface area (Å²) in [4.78, 5) is 14.2. The first-order chi connectivity index (χ1) is 14.6. The number of hydrogen-bond acceptors (Lipinski definition) is 5. The summed E-state index contributed by atoms with van der Waals surface area (Å²) in [7, 11) is 0. The highest BCUT2D eigenvalue weighted by atomic mass is 127. The summed E-state index contributed by atoms with van der Waals surface area (Å²) in [5, 5.41) is 6.79. The number of rotatable bonds is 11. The molecule has 7 nitrogen and oxygen atoms in total. The maximum atomic E-state index is 5.84. The minimum Gasteiger partial charge on any atom is -0.378 e. The van der Waals surface area contributed by atoms with Crippen molar-refractivity contribution in [1.82, 2.24) is 20.5 Å². The molecule has 0 spiro atoms. The highest BCUT2D eigenvalue weighted by molar-refractivity contribution is 14.0. The van der Waals surface area contributed by atoms with Crippen molar-refractivity contribution in [3.63, 3.8) is 0 Å². The lowest BCUT2D eigenvalue weighted by Crippen LogP contribution is -2.46. The fourth-order valence-corrected chi connectivity index (χ4v) is 3.69. The molecule has 0 aliphatic carbocycles. The van der Waals surface area contributed by atoms with E-state index in [1.54, 1.807) is 0 Å². The fourth-order valence-electron chi connectivity index (χ4n) is 3.69. The van der Waals surface area contributed by atoms with E-state index in [0.717, 1.165) is 70.6 Å². The number of guanidine groups is 1. The maximum absolute atomic E-state index is 5.84. The molecule has 8 heteroatoms. The smallest absolute Gasteiger partial charge is 0.191 e. The van der Waals surface area contributed by atoms with Crippen LogP contribution in [0, 0.1) is 5.92 Å². The standard InChI is InChI=1S/C23H42N6O.HI/c1-6-24-23(26-12-10-21(19(4)5)30-8-3)27-18-20-9-11-25-22(17-20)29-15-13-28(7-2)14-16-29;/h9,11,17,19,21H,6-8,10,12-16,18H2,1-5H3,(H2,24,26,27);1H. The lowest BCUT2D eigenvalue weighted by atomic mass is 10.0. The molecule has 1 aromatic rings. The molecule has 2 N–H and O–H groups in total. The number of anilines is 1. The van der Waals surface area contributed by atoms with Crippen molar-refractivity contribution in [3.8, 4) is 0 Å². The fraction of sp³-hybridized carbons (Fsp3) is 0.739. The number of likely N-dealkylation sites (N-methyl/N-ethyl adjacent to an activating group) is 1. The predicted molar refractivity (Wildman–Crippen MR) is 142 cm³/mol. The third kappa shape index (κ3) is 9.91. The van der Waals surface area contributed by atoms with Crippen molar-refractivity contribution >= 4 is 35.8 Å². The van der Waals surface area contributed by atoms with E-state index >= 15 is 0 Å². The van der Waals surface area contributed by atoms with E-state index in [-0.39, 0.29) is 30.1 Å². The van der Waals surface area contributed by atoms with Gasteiger partial charge in [-0.3, -0.25) is 0 Å². The Labute approximate surface area is 206 Å². The number of aliphatic imine (C=N–C) groups is 1. The quantitative estimate of drug-likeness (QED) is 0.252. The van der Waals surface area contributed by atoms with E-state index in [9.17, 15) is 0 Å². The Morgan fingerprint density at radius 3 is 2.52 bits per heavy atom. The van der Waals surface area contributed by atoms with Crippen LogP contribution in [0.2, 0.25) is 0 Å². The summed E-state index contributed by atoms with van der Waals surface area (Å²) in [6.07, 6.45) is 3.16. The molecule has 0 radical (unpaired) electrons. The number of pyridine rings is 1. The Kier molecular flexibility index (Phi) is 14.1. The first kappa shape index (κ1) is 27.9. The SMILES string of the molecule is CCNC(=NCc1ccnc(N2CCN(CC)CC2)c1)NCCC(OCC)C(C)C.I. The van der Waals surface area contributed by atoms with Gasteiger partial charge in [-0.2, -0.15) is 0 Å². The van der Waals surface area contributed by atoms with Crippen LogP contribution < -0.4 is 15.5 Å². The van der Waals surface area contributed by atoms with Gasteiger partial charge in [0.1, 0.15) is 5.82 Å². The molecule has 1 aliphatic heterocycles. The van der Waals surface area contributed by atoms with Crippen molar-refractivity contribution in [2.45, 2.75) is 53.7 Å². The van der Waals surface area contributed by atoms with Gasteiger partial charge >= 0.3 is 0 Å². The molecule has 1 saturated heterocycles. The van der Waals surface area contributed by atoms with Crippen LogP contribution in [0.15, 0.2) is 23.3 Å². The topological polar surface area (TPSA) is 65.0 Å². The third-order valence-electron chi connectivity index (χ3n) is 5.56. The van der Waals surface area contributed by atoms with Gasteiger partial charge in [-0.05, 0) is 50.4 Å². The largest absolute Gasteiger partial charge is 0.378 e. The van der Waals surface area contributed by atoms with E-state index in [2.05, 4.69) is 72.2 Å². The molecule has 31 heavy (non-hydrogen) atoms. The van der Waals surface area contributed by atoms with Crippen LogP contribution >= 0.6 is 24.0 Å². The molecule has 0 saturated carbocycles. The number of piperazine rings is 1. The second-order valence-electron chi connectivity index (χ2n) is 8.09. The maximum Gasteiger partial charge on any atom is 0.191 e. The zero-order chi connectivity index (χ0) is 21.8. The van der Waals surface area contributed by atoms with Gasteiger partial charge in [0.2, 0.25) is 0 Å². The van der Waals surface area contributed by atoms with Crippen molar-refractivity contribution in [2.24, 2.45) is 10.9 Å². The second kappa shape index (κ2) is 15.6. The molecule has 1 aromatic heterocycles. The normalized spacial score (nSPS) is 16.2. The number of nitrogens with one attached hydrogen (secondary N) is 2. The summed E-state index contributed by atoms with van der Waals surface area (Å²) in [5.74, 6) is 2.43. The zero-order valence-electron chi connectivity index (χ0n) is 20.1. The molecule has 1 fully saturated rings. The number of halogens is 1. The number of aromatic nitrogens is 1. The first-order valence-electron chi connectivity index (χ1n) is 11.6. The molecule has 2 heterocycles. The number of ether oxygens (including phenoxy) is 1. The summed E-state index contributed by atoms with van der Waals surface area (Å²) < 4.78 is 5.84. The molecular formula is C23H43IN6O. The van der Waals surface area contributed by atoms with Crippen LogP contribution in [0.3, 0.4) is 0 Å². The van der Waals surface area contributed by atoms with Gasteiger partial charge in [-0.15, -0.1) is 24.0 Å². The Bertz CT molecular complexity index is 634. The Morgan fingerprint density at radius 2 is 1.90 bits per heavy atom. The van der Waals surface area contributed by atoms with Gasteiger partial charge in [-0.25, -0.2) is 9.98 Å². The van der Waals surface area contributed by atoms with Crippen molar-refractivity contribution < 1.29 is 4.74 Å². The van der Waals surface area contributed by atoms with Crippen LogP contribution in [0.4, 0.5) is 5.82 Å². The average Bonchev–Trinajstić information content (AvgIpc) is 2.77. The van der Waals surface area contributed by atoms with Gasteiger partial charge in [-0.1, -0.05) is 20.8 Å². The van der Waals surface area contributed by atoms with Crippen LogP contribution in [0.5, 0.6) is 0 Å². The lowest BCUT2D eigenvalue weighted by Gasteiger charge is -2.34. The van der Waals surface area contributed by atoms with Gasteiger partial charge in [0.05, 0.1) is 12.6 Å². The molecule has 1 unspecified atom stereocenters. The number of nitrogens with zero attached hydrogens (tertiary/aromatic N) is 4. The van der Waals surface area contributed by atoms with E-state index in [1.165, 1.54) is 5.56 Å². The Hall–Kier alpha value is -1.13. The molecule has 1 atom stereocenters. The molecule has 2 rings (SSSR count). The van der Waals surface area contributed by atoms with Crippen molar-refractivity contribution in [3.05, 3.63) is 23.9 Å². The molecule has 0 aromatic carbocycles.